The summed E-state index contributed by atoms with van der Waals surface area (Å²) in [6.07, 6.45) is 4.33. The summed E-state index contributed by atoms with van der Waals surface area (Å²) in [5, 5.41) is 0. The maximum atomic E-state index is 15.3. The van der Waals surface area contributed by atoms with E-state index >= 15 is 4.39 Å². The highest BCUT2D eigenvalue weighted by atomic mass is 19.1. The van der Waals surface area contributed by atoms with E-state index < -0.39 is 34.9 Å². The molecule has 0 aromatic heterocycles. The van der Waals surface area contributed by atoms with Gasteiger partial charge in [-0.1, -0.05) is 33.8 Å². The molecule has 4 fully saturated rings. The van der Waals surface area contributed by atoms with Gasteiger partial charge in [0.15, 0.2) is 0 Å². The summed E-state index contributed by atoms with van der Waals surface area (Å²) in [7, 11) is 2.04. The molecule has 3 aliphatic heterocycles. The first-order valence-corrected chi connectivity index (χ1v) is 17.8. The van der Waals surface area contributed by atoms with Crippen LogP contribution in [0.4, 0.5) is 8.78 Å². The second kappa shape index (κ2) is 13.7. The Morgan fingerprint density at radius 1 is 0.830 bits per heavy atom. The topological polar surface area (TPSA) is 67.4 Å². The summed E-state index contributed by atoms with van der Waals surface area (Å²) >= 11 is 0. The van der Waals surface area contributed by atoms with Crippen LogP contribution in [0.5, 0.6) is 0 Å². The fourth-order valence-corrected chi connectivity index (χ4v) is 8.20. The molecule has 0 N–H and O–H groups in total. The number of hydrogen-bond donors (Lipinski definition) is 0. The summed E-state index contributed by atoms with van der Waals surface area (Å²) in [5.41, 5.74) is -0.558. The highest BCUT2D eigenvalue weighted by Crippen LogP contribution is 2.41. The first kappa shape index (κ1) is 35.7. The summed E-state index contributed by atoms with van der Waals surface area (Å²) in [6.45, 7) is 18.2. The molecule has 1 aromatic rings. The van der Waals surface area contributed by atoms with E-state index in [4.69, 9.17) is 0 Å². The third kappa shape index (κ3) is 7.69. The average Bonchev–Trinajstić information content (AvgIpc) is 3.63. The van der Waals surface area contributed by atoms with E-state index in [0.29, 0.717) is 44.1 Å². The van der Waals surface area contributed by atoms with Gasteiger partial charge in [-0.15, -0.1) is 0 Å². The molecule has 3 amide bonds. The third-order valence-electron chi connectivity index (χ3n) is 11.3. The molecule has 0 spiro atoms. The van der Waals surface area contributed by atoms with Gasteiger partial charge in [-0.05, 0) is 77.5 Å². The van der Waals surface area contributed by atoms with Gasteiger partial charge in [-0.3, -0.25) is 19.3 Å². The molecule has 262 valence electrons. The number of benzene rings is 1. The number of amides is 3. The van der Waals surface area contributed by atoms with Crippen LogP contribution in [0.25, 0.3) is 0 Å². The number of carbonyl (C=O) groups excluding carboxylic acids is 3. The standard InChI is InChI=1S/C37H57F2N5O3/c1-24-9-12-26(13-10-24)44(35(47)36(2,3)4)27-20-32(34(46)41-17-15-40(8)16-18-41)43(21-27)33(45)30-23-42(37(5,6)7)22-29(30)28-14-11-25(38)19-31(28)39/h11,14,19,24,26-27,29-30,32H,9-10,12-13,15-18,20-23H2,1-8H3/t24?,26?,27-,29-,30+,32+/m0/s1. The normalized spacial score (nSPS) is 29.7. The Balaban J connectivity index is 1.51. The molecular formula is C37H57F2N5O3. The fraction of sp³-hybridized carbons (Fsp3) is 0.757. The minimum Gasteiger partial charge on any atom is -0.338 e. The Morgan fingerprint density at radius 2 is 1.47 bits per heavy atom. The largest absolute Gasteiger partial charge is 0.338 e. The lowest BCUT2D eigenvalue weighted by molar-refractivity contribution is -0.147. The first-order valence-electron chi connectivity index (χ1n) is 17.8. The van der Waals surface area contributed by atoms with Crippen molar-refractivity contribution in [2.75, 3.05) is 52.9 Å². The van der Waals surface area contributed by atoms with Crippen LogP contribution in [0.15, 0.2) is 18.2 Å². The molecule has 1 aromatic carbocycles. The lowest BCUT2D eigenvalue weighted by Gasteiger charge is -2.42. The zero-order valence-electron chi connectivity index (χ0n) is 29.9. The molecule has 10 heteroatoms. The monoisotopic (exact) mass is 657 g/mol. The van der Waals surface area contributed by atoms with E-state index in [1.165, 1.54) is 12.1 Å². The van der Waals surface area contributed by atoms with Crippen LogP contribution < -0.4 is 0 Å². The Hall–Kier alpha value is -2.59. The molecule has 1 aliphatic carbocycles. The number of rotatable bonds is 5. The van der Waals surface area contributed by atoms with E-state index in [0.717, 1.165) is 44.8 Å². The number of carbonyl (C=O) groups is 3. The van der Waals surface area contributed by atoms with Gasteiger partial charge in [0.2, 0.25) is 17.7 Å². The number of likely N-dealkylation sites (tertiary alicyclic amines) is 2. The van der Waals surface area contributed by atoms with Gasteiger partial charge in [-0.25, -0.2) is 8.78 Å². The molecule has 3 heterocycles. The van der Waals surface area contributed by atoms with Gasteiger partial charge in [-0.2, -0.15) is 0 Å². The number of hydrogen-bond acceptors (Lipinski definition) is 5. The van der Waals surface area contributed by atoms with Crippen molar-refractivity contribution >= 4 is 17.7 Å². The average molecular weight is 658 g/mol. The number of nitrogens with zero attached hydrogens (tertiary/aromatic N) is 5. The van der Waals surface area contributed by atoms with Gasteiger partial charge in [0.25, 0.3) is 0 Å². The Morgan fingerprint density at radius 3 is 2.04 bits per heavy atom. The first-order chi connectivity index (χ1) is 22.0. The molecule has 5 rings (SSSR count). The van der Waals surface area contributed by atoms with E-state index in [-0.39, 0.29) is 41.9 Å². The molecule has 4 atom stereocenters. The highest BCUT2D eigenvalue weighted by Gasteiger charge is 2.52. The zero-order valence-corrected chi connectivity index (χ0v) is 29.9. The zero-order chi connectivity index (χ0) is 34.4. The van der Waals surface area contributed by atoms with E-state index in [1.54, 1.807) is 4.90 Å². The number of piperazine rings is 1. The molecule has 47 heavy (non-hydrogen) atoms. The van der Waals surface area contributed by atoms with Crippen molar-refractivity contribution in [2.45, 2.75) is 110 Å². The van der Waals surface area contributed by atoms with Crippen LogP contribution in [0, 0.1) is 28.9 Å². The minimum absolute atomic E-state index is 0.0631. The van der Waals surface area contributed by atoms with Crippen LogP contribution in [0.3, 0.4) is 0 Å². The Bertz CT molecular complexity index is 1310. The van der Waals surface area contributed by atoms with Crippen molar-refractivity contribution in [1.82, 2.24) is 24.5 Å². The van der Waals surface area contributed by atoms with Crippen LogP contribution >= 0.6 is 0 Å². The Kier molecular flexibility index (Phi) is 10.4. The van der Waals surface area contributed by atoms with Gasteiger partial charge in [0, 0.05) is 74.8 Å². The second-order valence-corrected chi connectivity index (χ2v) is 16.9. The maximum absolute atomic E-state index is 15.3. The quantitative estimate of drug-likeness (QED) is 0.448. The second-order valence-electron chi connectivity index (χ2n) is 16.9. The third-order valence-corrected chi connectivity index (χ3v) is 11.3. The van der Waals surface area contributed by atoms with Crippen molar-refractivity contribution < 1.29 is 23.2 Å². The van der Waals surface area contributed by atoms with Crippen LogP contribution in [-0.2, 0) is 14.4 Å². The smallest absolute Gasteiger partial charge is 0.245 e. The van der Waals surface area contributed by atoms with Gasteiger partial charge < -0.3 is 19.6 Å². The van der Waals surface area contributed by atoms with Crippen molar-refractivity contribution in [3.05, 3.63) is 35.4 Å². The molecular weight excluding hydrogens is 600 g/mol. The maximum Gasteiger partial charge on any atom is 0.245 e. The molecule has 0 unspecified atom stereocenters. The lowest BCUT2D eigenvalue weighted by Crippen LogP contribution is -2.54. The summed E-state index contributed by atoms with van der Waals surface area (Å²) < 4.78 is 29.3. The molecule has 0 radical (unpaired) electrons. The van der Waals surface area contributed by atoms with Crippen LogP contribution in [0.2, 0.25) is 0 Å². The van der Waals surface area contributed by atoms with Gasteiger partial charge >= 0.3 is 0 Å². The fourth-order valence-electron chi connectivity index (χ4n) is 8.20. The molecule has 0 bridgehead atoms. The van der Waals surface area contributed by atoms with E-state index in [9.17, 15) is 18.8 Å². The lowest BCUT2D eigenvalue weighted by atomic mass is 9.84. The molecule has 1 saturated carbocycles. The molecule has 4 aliphatic rings. The van der Waals surface area contributed by atoms with Gasteiger partial charge in [0.05, 0.1) is 12.0 Å². The molecule has 3 saturated heterocycles. The SMILES string of the molecule is CC1CCC(N(C(=O)C(C)(C)C)[C@H]2C[C@H](C(=O)N3CCN(C)CC3)N(C(=O)[C@@H]3CN(C(C)(C)C)C[C@H]3c3ccc(F)cc3F)C2)CC1. The summed E-state index contributed by atoms with van der Waals surface area (Å²) in [4.78, 5) is 53.5. The van der Waals surface area contributed by atoms with E-state index in [2.05, 4.69) is 42.4 Å². The predicted octanol–water partition coefficient (Wildman–Crippen LogP) is 4.98. The summed E-state index contributed by atoms with van der Waals surface area (Å²) in [6, 6.07) is 2.70. The highest BCUT2D eigenvalue weighted by molar-refractivity contribution is 5.91. The summed E-state index contributed by atoms with van der Waals surface area (Å²) in [5.74, 6) is -1.98. The minimum atomic E-state index is -0.698. The van der Waals surface area contributed by atoms with Crippen molar-refractivity contribution in [3.8, 4) is 0 Å². The van der Waals surface area contributed by atoms with Crippen molar-refractivity contribution in [2.24, 2.45) is 17.3 Å². The van der Waals surface area contributed by atoms with Crippen LogP contribution in [0.1, 0.15) is 92.1 Å². The van der Waals surface area contributed by atoms with Crippen LogP contribution in [-0.4, -0.2) is 119 Å². The number of likely N-dealkylation sites (N-methyl/N-ethyl adjacent to an activating group) is 1. The van der Waals surface area contributed by atoms with Crippen molar-refractivity contribution in [3.63, 3.8) is 0 Å². The van der Waals surface area contributed by atoms with E-state index in [1.807, 2.05) is 32.7 Å². The van der Waals surface area contributed by atoms with Gasteiger partial charge in [0.1, 0.15) is 17.7 Å². The molecule has 8 nitrogen and oxygen atoms in total. The Labute approximate surface area is 280 Å². The van der Waals surface area contributed by atoms with Crippen molar-refractivity contribution in [1.29, 1.82) is 0 Å². The predicted molar refractivity (Wildman–Crippen MR) is 180 cm³/mol. The number of halogens is 2.